The SMILES string of the molecule is CCC(CC)(CO)CNc1ccccc1OC(C)C. The Hall–Kier alpha value is -1.22. The maximum atomic E-state index is 9.60. The standard InChI is InChI=1S/C16H27NO2/c1-5-16(6-2,12-18)11-17-14-9-7-8-10-15(14)19-13(3)4/h7-10,13,17-18H,5-6,11-12H2,1-4H3. The molecule has 0 saturated heterocycles. The lowest BCUT2D eigenvalue weighted by molar-refractivity contribution is 0.127. The van der Waals surface area contributed by atoms with Gasteiger partial charge in [-0.3, -0.25) is 0 Å². The number of nitrogens with one attached hydrogen (secondary N) is 1. The first-order chi connectivity index (χ1) is 9.06. The van der Waals surface area contributed by atoms with Crippen molar-refractivity contribution in [3.63, 3.8) is 0 Å². The molecule has 0 saturated carbocycles. The molecule has 1 aromatic rings. The van der Waals surface area contributed by atoms with Crippen molar-refractivity contribution in [3.8, 4) is 5.75 Å². The zero-order chi connectivity index (χ0) is 14.3. The Labute approximate surface area is 117 Å². The Morgan fingerprint density at radius 3 is 2.37 bits per heavy atom. The maximum absolute atomic E-state index is 9.60. The van der Waals surface area contributed by atoms with Crippen LogP contribution >= 0.6 is 0 Å². The first kappa shape index (κ1) is 15.8. The molecule has 0 heterocycles. The van der Waals surface area contributed by atoms with Gasteiger partial charge in [-0.05, 0) is 38.8 Å². The van der Waals surface area contributed by atoms with Gasteiger partial charge in [0.1, 0.15) is 5.75 Å². The Kier molecular flexibility index (Phi) is 6.16. The molecule has 0 aliphatic carbocycles. The molecule has 0 fully saturated rings. The number of rotatable bonds is 8. The number of ether oxygens (including phenoxy) is 1. The van der Waals surface area contributed by atoms with Gasteiger partial charge in [-0.25, -0.2) is 0 Å². The van der Waals surface area contributed by atoms with Gasteiger partial charge in [0.15, 0.2) is 0 Å². The van der Waals surface area contributed by atoms with E-state index in [0.29, 0.717) is 0 Å². The topological polar surface area (TPSA) is 41.5 Å². The van der Waals surface area contributed by atoms with Gasteiger partial charge in [0, 0.05) is 12.0 Å². The molecule has 0 radical (unpaired) electrons. The molecular formula is C16H27NO2. The molecule has 0 bridgehead atoms. The quantitative estimate of drug-likeness (QED) is 0.753. The summed E-state index contributed by atoms with van der Waals surface area (Å²) in [6.45, 7) is 9.25. The smallest absolute Gasteiger partial charge is 0.142 e. The van der Waals surface area contributed by atoms with Crippen molar-refractivity contribution in [1.82, 2.24) is 0 Å². The van der Waals surface area contributed by atoms with Gasteiger partial charge in [0.2, 0.25) is 0 Å². The first-order valence-electron chi connectivity index (χ1n) is 7.17. The van der Waals surface area contributed by atoms with Crippen LogP contribution in [0.25, 0.3) is 0 Å². The summed E-state index contributed by atoms with van der Waals surface area (Å²) in [5.41, 5.74) is 0.946. The number of benzene rings is 1. The molecule has 1 aromatic carbocycles. The number of anilines is 1. The van der Waals surface area contributed by atoms with Crippen LogP contribution in [0, 0.1) is 5.41 Å². The lowest BCUT2D eigenvalue weighted by Crippen LogP contribution is -2.32. The number of hydrogen-bond acceptors (Lipinski definition) is 3. The zero-order valence-corrected chi connectivity index (χ0v) is 12.6. The molecule has 0 amide bonds. The molecule has 0 aliphatic rings. The number of aliphatic hydroxyl groups is 1. The third kappa shape index (κ3) is 4.43. The maximum Gasteiger partial charge on any atom is 0.142 e. The van der Waals surface area contributed by atoms with Crippen LogP contribution in [0.15, 0.2) is 24.3 Å². The molecular weight excluding hydrogens is 238 g/mol. The van der Waals surface area contributed by atoms with Crippen molar-refractivity contribution in [3.05, 3.63) is 24.3 Å². The third-order valence-corrected chi connectivity index (χ3v) is 3.74. The monoisotopic (exact) mass is 265 g/mol. The van der Waals surface area contributed by atoms with Gasteiger partial charge >= 0.3 is 0 Å². The lowest BCUT2D eigenvalue weighted by Gasteiger charge is -2.30. The van der Waals surface area contributed by atoms with E-state index in [9.17, 15) is 5.11 Å². The predicted octanol–water partition coefficient (Wildman–Crippen LogP) is 3.68. The Bertz CT molecular complexity index is 365. The van der Waals surface area contributed by atoms with Gasteiger partial charge < -0.3 is 15.2 Å². The van der Waals surface area contributed by atoms with Crippen molar-refractivity contribution in [2.24, 2.45) is 5.41 Å². The van der Waals surface area contributed by atoms with Crippen LogP contribution in [0.1, 0.15) is 40.5 Å². The molecule has 0 aromatic heterocycles. The molecule has 108 valence electrons. The fraction of sp³-hybridized carbons (Fsp3) is 0.625. The summed E-state index contributed by atoms with van der Waals surface area (Å²) >= 11 is 0. The summed E-state index contributed by atoms with van der Waals surface area (Å²) in [6, 6.07) is 7.96. The average molecular weight is 265 g/mol. The number of hydrogen-bond donors (Lipinski definition) is 2. The minimum Gasteiger partial charge on any atom is -0.489 e. The molecule has 3 heteroatoms. The molecule has 19 heavy (non-hydrogen) atoms. The second kappa shape index (κ2) is 7.39. The van der Waals surface area contributed by atoms with Crippen molar-refractivity contribution < 1.29 is 9.84 Å². The van der Waals surface area contributed by atoms with E-state index in [4.69, 9.17) is 4.74 Å². The van der Waals surface area contributed by atoms with Crippen LogP contribution in [0.3, 0.4) is 0 Å². The van der Waals surface area contributed by atoms with E-state index >= 15 is 0 Å². The highest BCUT2D eigenvalue weighted by molar-refractivity contribution is 5.56. The highest BCUT2D eigenvalue weighted by atomic mass is 16.5. The van der Waals surface area contributed by atoms with E-state index in [0.717, 1.165) is 30.8 Å². The first-order valence-corrected chi connectivity index (χ1v) is 7.17. The third-order valence-electron chi connectivity index (χ3n) is 3.74. The Morgan fingerprint density at radius 1 is 1.21 bits per heavy atom. The number of aliphatic hydroxyl groups excluding tert-OH is 1. The number of para-hydroxylation sites is 2. The fourth-order valence-corrected chi connectivity index (χ4v) is 2.03. The Balaban J connectivity index is 2.76. The molecule has 0 unspecified atom stereocenters. The molecule has 3 nitrogen and oxygen atoms in total. The molecule has 0 spiro atoms. The summed E-state index contributed by atoms with van der Waals surface area (Å²) < 4.78 is 5.79. The van der Waals surface area contributed by atoms with Gasteiger partial charge in [0.25, 0.3) is 0 Å². The summed E-state index contributed by atoms with van der Waals surface area (Å²) in [5, 5.41) is 13.0. The van der Waals surface area contributed by atoms with Crippen molar-refractivity contribution in [2.45, 2.75) is 46.6 Å². The molecule has 0 atom stereocenters. The highest BCUT2D eigenvalue weighted by Gasteiger charge is 2.25. The fourth-order valence-electron chi connectivity index (χ4n) is 2.03. The second-order valence-electron chi connectivity index (χ2n) is 5.38. The lowest BCUT2D eigenvalue weighted by atomic mass is 9.83. The van der Waals surface area contributed by atoms with Gasteiger partial charge in [-0.1, -0.05) is 26.0 Å². The van der Waals surface area contributed by atoms with E-state index in [2.05, 4.69) is 19.2 Å². The van der Waals surface area contributed by atoms with E-state index in [-0.39, 0.29) is 18.1 Å². The van der Waals surface area contributed by atoms with Crippen LogP contribution in [0.5, 0.6) is 5.75 Å². The predicted molar refractivity (Wildman–Crippen MR) is 80.8 cm³/mol. The Morgan fingerprint density at radius 2 is 1.84 bits per heavy atom. The molecule has 2 N–H and O–H groups in total. The van der Waals surface area contributed by atoms with Crippen molar-refractivity contribution >= 4 is 5.69 Å². The van der Waals surface area contributed by atoms with Crippen LogP contribution in [0.2, 0.25) is 0 Å². The van der Waals surface area contributed by atoms with Crippen LogP contribution in [-0.4, -0.2) is 24.4 Å². The second-order valence-corrected chi connectivity index (χ2v) is 5.38. The normalized spacial score (nSPS) is 11.7. The molecule has 0 aliphatic heterocycles. The van der Waals surface area contributed by atoms with E-state index in [1.165, 1.54) is 0 Å². The van der Waals surface area contributed by atoms with Gasteiger partial charge in [0.05, 0.1) is 18.4 Å². The minimum atomic E-state index is -0.0507. The van der Waals surface area contributed by atoms with E-state index in [1.54, 1.807) is 0 Å². The summed E-state index contributed by atoms with van der Waals surface area (Å²) in [6.07, 6.45) is 2.07. The summed E-state index contributed by atoms with van der Waals surface area (Å²) in [4.78, 5) is 0. The average Bonchev–Trinajstić information content (AvgIpc) is 2.42. The van der Waals surface area contributed by atoms with Crippen LogP contribution < -0.4 is 10.1 Å². The zero-order valence-electron chi connectivity index (χ0n) is 12.6. The van der Waals surface area contributed by atoms with E-state index < -0.39 is 0 Å². The summed E-state index contributed by atoms with van der Waals surface area (Å²) in [5.74, 6) is 0.872. The van der Waals surface area contributed by atoms with E-state index in [1.807, 2.05) is 38.1 Å². The van der Waals surface area contributed by atoms with Crippen molar-refractivity contribution in [1.29, 1.82) is 0 Å². The highest BCUT2D eigenvalue weighted by Crippen LogP contribution is 2.29. The van der Waals surface area contributed by atoms with Crippen LogP contribution in [-0.2, 0) is 0 Å². The van der Waals surface area contributed by atoms with Crippen LogP contribution in [0.4, 0.5) is 5.69 Å². The largest absolute Gasteiger partial charge is 0.489 e. The molecule has 1 rings (SSSR count). The minimum absolute atomic E-state index is 0.0507. The van der Waals surface area contributed by atoms with Gasteiger partial charge in [-0.15, -0.1) is 0 Å². The van der Waals surface area contributed by atoms with Crippen molar-refractivity contribution in [2.75, 3.05) is 18.5 Å². The van der Waals surface area contributed by atoms with Gasteiger partial charge in [-0.2, -0.15) is 0 Å². The summed E-state index contributed by atoms with van der Waals surface area (Å²) in [7, 11) is 0.